The molecule has 47 heavy (non-hydrogen) atoms. The van der Waals surface area contributed by atoms with Crippen LogP contribution in [0.4, 0.5) is 11.4 Å². The van der Waals surface area contributed by atoms with Gasteiger partial charge in [-0.15, -0.1) is 10.2 Å². The van der Waals surface area contributed by atoms with E-state index in [0.717, 1.165) is 36.4 Å². The molecule has 0 bridgehead atoms. The Balaban J connectivity index is 0.00000368. The molecule has 21 heteroatoms. The van der Waals surface area contributed by atoms with Gasteiger partial charge in [0.2, 0.25) is 0 Å². The Labute approximate surface area is 336 Å². The summed E-state index contributed by atoms with van der Waals surface area (Å²) in [5.74, 6) is -1.24. The summed E-state index contributed by atoms with van der Waals surface area (Å²) >= 11 is 0. The van der Waals surface area contributed by atoms with Gasteiger partial charge in [0.15, 0.2) is 11.5 Å². The second-order valence-corrected chi connectivity index (χ2v) is 13.2. The van der Waals surface area contributed by atoms with Gasteiger partial charge in [-0.05, 0) is 49.2 Å². The summed E-state index contributed by atoms with van der Waals surface area (Å²) in [6.45, 7) is 2.68. The summed E-state index contributed by atoms with van der Waals surface area (Å²) in [5.41, 5.74) is -0.230. The average molecular weight is 735 g/mol. The van der Waals surface area contributed by atoms with Crippen LogP contribution in [-0.4, -0.2) is 58.2 Å². The van der Waals surface area contributed by atoms with Crippen molar-refractivity contribution in [2.24, 2.45) is 10.2 Å². The largest absolute Gasteiger partial charge is 1.00 e. The van der Waals surface area contributed by atoms with E-state index < -0.39 is 50.8 Å². The molecule has 0 saturated heterocycles. The number of fused-ring (bicyclic) bond motifs is 1. The van der Waals surface area contributed by atoms with Gasteiger partial charge in [0.25, 0.3) is 0 Å². The maximum atomic E-state index is 11.8. The quantitative estimate of drug-likeness (QED) is 0.0964. The van der Waals surface area contributed by atoms with Gasteiger partial charge in [-0.25, -0.2) is 25.3 Å². The summed E-state index contributed by atoms with van der Waals surface area (Å²) in [7, 11) is -12.3. The average Bonchev–Trinajstić information content (AvgIpc) is 2.90. The number of phenols is 1. The minimum Gasteiger partial charge on any atom is -0.744 e. The third-order valence-electron chi connectivity index (χ3n) is 6.26. The molecule has 0 saturated carbocycles. The number of benzene rings is 4. The fraction of sp³-hybridized carbons (Fsp3) is 0.154. The maximum Gasteiger partial charge on any atom is 1.00 e. The molecular weight excluding hydrogens is 713 g/mol. The van der Waals surface area contributed by atoms with Gasteiger partial charge in [-0.2, -0.15) is 0 Å². The Kier molecular flexibility index (Phi) is 15.4. The van der Waals surface area contributed by atoms with E-state index in [4.69, 9.17) is 14.2 Å². The monoisotopic (exact) mass is 734 g/mol. The Morgan fingerprint density at radius 3 is 1.66 bits per heavy atom. The van der Waals surface area contributed by atoms with Crippen molar-refractivity contribution in [2.45, 2.75) is 28.5 Å². The molecule has 0 aromatic heterocycles. The number of nitrogens with zero attached hydrogens (tertiary/aromatic N) is 2. The first-order valence-electron chi connectivity index (χ1n) is 12.0. The molecule has 0 radical (unpaired) electrons. The number of azo groups is 1. The van der Waals surface area contributed by atoms with E-state index in [2.05, 4.69) is 10.2 Å². The zero-order chi connectivity index (χ0) is 32.8. The summed E-state index contributed by atoms with van der Waals surface area (Å²) in [6.07, 6.45) is 0. The molecule has 0 unspecified atom stereocenters. The Bertz CT molecular complexity index is 2200. The molecule has 0 atom stereocenters. The number of rotatable bonds is 9. The SMILES string of the molecule is COc1cc(S(=O)(=O)[O-])c(C)cc1N=Nc1c(O)cc(Oc2cc(C)c(S(=O)(=O)[O-])cc2OC)c2cc(S(=O)(=O)[O-])ccc12.[Na+].[Na+].[Na+]. The predicted molar refractivity (Wildman–Crippen MR) is 149 cm³/mol. The second kappa shape index (κ2) is 16.6. The van der Waals surface area contributed by atoms with E-state index in [-0.39, 0.29) is 145 Å². The zero-order valence-electron chi connectivity index (χ0n) is 26.1. The summed E-state index contributed by atoms with van der Waals surface area (Å²) in [4.78, 5) is -1.77. The number of hydrogen-bond acceptors (Lipinski definition) is 15. The van der Waals surface area contributed by atoms with E-state index >= 15 is 0 Å². The molecular formula is C26H21N2Na3O13S3. The van der Waals surface area contributed by atoms with Crippen LogP contribution in [0.3, 0.4) is 0 Å². The smallest absolute Gasteiger partial charge is 0.744 e. The van der Waals surface area contributed by atoms with Crippen LogP contribution < -0.4 is 103 Å². The van der Waals surface area contributed by atoms with E-state index in [9.17, 15) is 44.0 Å². The first-order chi connectivity index (χ1) is 20.3. The van der Waals surface area contributed by atoms with Crippen molar-refractivity contribution in [3.8, 4) is 28.7 Å². The van der Waals surface area contributed by atoms with E-state index in [1.54, 1.807) is 0 Å². The normalized spacial score (nSPS) is 11.7. The summed E-state index contributed by atoms with van der Waals surface area (Å²) < 4.78 is 121. The molecule has 0 fully saturated rings. The van der Waals surface area contributed by atoms with Crippen LogP contribution in [0, 0.1) is 13.8 Å². The van der Waals surface area contributed by atoms with E-state index in [1.165, 1.54) is 40.2 Å². The van der Waals surface area contributed by atoms with Crippen LogP contribution in [-0.2, 0) is 30.4 Å². The molecule has 0 heterocycles. The van der Waals surface area contributed by atoms with Crippen molar-refractivity contribution in [3.05, 3.63) is 59.7 Å². The Morgan fingerprint density at radius 2 is 1.15 bits per heavy atom. The number of phenolic OH excluding ortho intramolecular Hbond substituents is 1. The number of aryl methyl sites for hydroxylation is 2. The molecule has 4 aromatic carbocycles. The van der Waals surface area contributed by atoms with Crippen LogP contribution in [0.1, 0.15) is 11.1 Å². The maximum absolute atomic E-state index is 11.8. The van der Waals surface area contributed by atoms with Crippen LogP contribution in [0.15, 0.2) is 73.4 Å². The third-order valence-corrected chi connectivity index (χ3v) is 9.05. The molecule has 15 nitrogen and oxygen atoms in total. The van der Waals surface area contributed by atoms with Crippen molar-refractivity contribution in [1.29, 1.82) is 0 Å². The van der Waals surface area contributed by atoms with Gasteiger partial charge in [0.05, 0.1) is 28.9 Å². The van der Waals surface area contributed by atoms with E-state index in [1.807, 2.05) is 0 Å². The molecule has 4 rings (SSSR count). The standard InChI is InChI=1S/C26H24N2O13S3.3Na/c1-13-7-18(21(39-3)11-24(13)43(33,34)35)27-28-26-16-6-5-15(42(30,31)32)9-17(16)20(10-19(26)29)41-23-8-14(2)25(44(36,37)38)12-22(23)40-4;;;/h5-12,29H,1-4H3,(H,30,31,32)(H,33,34,35)(H,36,37,38);;;/q;3*+1/p-3. The Morgan fingerprint density at radius 1 is 0.617 bits per heavy atom. The first kappa shape index (κ1) is 43.7. The minimum absolute atomic E-state index is 0. The molecule has 0 aliphatic heterocycles. The van der Waals surface area contributed by atoms with Gasteiger partial charge in [-0.3, -0.25) is 0 Å². The van der Waals surface area contributed by atoms with Crippen LogP contribution in [0.25, 0.3) is 10.8 Å². The molecule has 0 spiro atoms. The van der Waals surface area contributed by atoms with Crippen molar-refractivity contribution in [2.75, 3.05) is 14.2 Å². The van der Waals surface area contributed by atoms with Crippen molar-refractivity contribution in [1.82, 2.24) is 0 Å². The minimum atomic E-state index is -4.97. The second-order valence-electron chi connectivity index (χ2n) is 9.17. The topological polar surface area (TPSA) is 244 Å². The van der Waals surface area contributed by atoms with Gasteiger partial charge in [-0.1, -0.05) is 6.07 Å². The van der Waals surface area contributed by atoms with E-state index in [0.29, 0.717) is 0 Å². The van der Waals surface area contributed by atoms with Crippen molar-refractivity contribution < 1.29 is 147 Å². The fourth-order valence-corrected chi connectivity index (χ4v) is 6.13. The number of methoxy groups -OCH3 is 2. The van der Waals surface area contributed by atoms with Gasteiger partial charge in [0.1, 0.15) is 59.0 Å². The molecule has 4 aromatic rings. The van der Waals surface area contributed by atoms with Crippen LogP contribution in [0.5, 0.6) is 28.7 Å². The number of aromatic hydroxyl groups is 1. The third kappa shape index (κ3) is 9.89. The summed E-state index contributed by atoms with van der Waals surface area (Å²) in [6, 6.07) is 8.38. The van der Waals surface area contributed by atoms with Crippen LogP contribution >= 0.6 is 0 Å². The Hall–Kier alpha value is -1.33. The summed E-state index contributed by atoms with van der Waals surface area (Å²) in [5, 5.41) is 18.9. The fourth-order valence-electron chi connectivity index (χ4n) is 4.23. The number of hydrogen-bond donors (Lipinski definition) is 1. The zero-order valence-corrected chi connectivity index (χ0v) is 34.5. The molecule has 0 aliphatic carbocycles. The van der Waals surface area contributed by atoms with Gasteiger partial charge < -0.3 is 33.0 Å². The van der Waals surface area contributed by atoms with Crippen LogP contribution in [0.2, 0.25) is 0 Å². The molecule has 0 aliphatic rings. The van der Waals surface area contributed by atoms with Crippen molar-refractivity contribution in [3.63, 3.8) is 0 Å². The molecule has 0 amide bonds. The van der Waals surface area contributed by atoms with Crippen molar-refractivity contribution >= 4 is 52.5 Å². The number of ether oxygens (including phenoxy) is 3. The first-order valence-corrected chi connectivity index (χ1v) is 16.2. The van der Waals surface area contributed by atoms with Gasteiger partial charge in [0, 0.05) is 29.0 Å². The van der Waals surface area contributed by atoms with Gasteiger partial charge >= 0.3 is 88.7 Å². The predicted octanol–water partition coefficient (Wildman–Crippen LogP) is -4.89. The molecule has 1 N–H and O–H groups in total. The molecule has 234 valence electrons.